The van der Waals surface area contributed by atoms with Crippen LogP contribution in [0.1, 0.15) is 32.6 Å². The van der Waals surface area contributed by atoms with Gasteiger partial charge in [0.05, 0.1) is 0 Å². The summed E-state index contributed by atoms with van der Waals surface area (Å²) < 4.78 is 22.8. The fraction of sp³-hybridized carbons (Fsp3) is 0.786. The fourth-order valence-electron chi connectivity index (χ4n) is 2.82. The number of nitrogens with zero attached hydrogens (tertiary/aromatic N) is 1. The first-order valence-electron chi connectivity index (χ1n) is 7.22. The molecular formula is C14H23NO5Si. The average molecular weight is 313 g/mol. The first-order chi connectivity index (χ1) is 9.50. The highest BCUT2D eigenvalue weighted by atomic mass is 28.3. The summed E-state index contributed by atoms with van der Waals surface area (Å²) in [6.45, 7) is 11.8. The molecule has 6 nitrogen and oxygen atoms in total. The monoisotopic (exact) mass is 313 g/mol. The number of aromatic nitrogens is 1. The predicted molar refractivity (Wildman–Crippen MR) is 77.8 cm³/mol. The van der Waals surface area contributed by atoms with Gasteiger partial charge in [-0.25, -0.2) is 0 Å². The lowest BCUT2D eigenvalue weighted by atomic mass is 10.1. The van der Waals surface area contributed by atoms with Gasteiger partial charge in [0.25, 0.3) is 0 Å². The molecule has 0 saturated carbocycles. The van der Waals surface area contributed by atoms with Gasteiger partial charge in [-0.2, -0.15) is 0 Å². The number of hydrogen-bond donors (Lipinski definition) is 1. The molecule has 0 spiro atoms. The zero-order chi connectivity index (χ0) is 15.6. The quantitative estimate of drug-likeness (QED) is 0.835. The summed E-state index contributed by atoms with van der Waals surface area (Å²) in [6, 6.07) is 1.92. The van der Waals surface area contributed by atoms with Crippen LogP contribution in [-0.4, -0.2) is 42.1 Å². The lowest BCUT2D eigenvalue weighted by Gasteiger charge is -2.26. The highest BCUT2D eigenvalue weighted by molar-refractivity contribution is 6.87. The van der Waals surface area contributed by atoms with Crippen molar-refractivity contribution in [2.24, 2.45) is 0 Å². The van der Waals surface area contributed by atoms with Crippen molar-refractivity contribution >= 4 is 13.5 Å². The molecule has 1 aromatic rings. The Morgan fingerprint density at radius 2 is 1.81 bits per heavy atom. The minimum atomic E-state index is -1.58. The van der Waals surface area contributed by atoms with Crippen molar-refractivity contribution in [2.75, 3.05) is 0 Å². The molecule has 1 unspecified atom stereocenters. The molecule has 0 aliphatic carbocycles. The lowest BCUT2D eigenvalue weighted by molar-refractivity contribution is -0.267. The van der Waals surface area contributed by atoms with Crippen molar-refractivity contribution in [2.45, 2.75) is 70.3 Å². The Balaban J connectivity index is 1.91. The van der Waals surface area contributed by atoms with Crippen molar-refractivity contribution in [3.63, 3.8) is 0 Å². The smallest absolute Gasteiger partial charge is 0.193 e. The Labute approximate surface area is 125 Å². The van der Waals surface area contributed by atoms with Crippen LogP contribution in [0.3, 0.4) is 0 Å². The van der Waals surface area contributed by atoms with Crippen LogP contribution >= 0.6 is 0 Å². The Morgan fingerprint density at radius 1 is 1.14 bits per heavy atom. The van der Waals surface area contributed by atoms with E-state index in [4.69, 9.17) is 18.7 Å². The summed E-state index contributed by atoms with van der Waals surface area (Å²) in [6.07, 6.45) is -1.42. The Morgan fingerprint density at radius 3 is 2.38 bits per heavy atom. The van der Waals surface area contributed by atoms with Crippen molar-refractivity contribution in [1.29, 1.82) is 0 Å². The van der Waals surface area contributed by atoms with E-state index in [2.05, 4.69) is 24.8 Å². The molecule has 0 bridgehead atoms. The third-order valence-electron chi connectivity index (χ3n) is 3.88. The maximum atomic E-state index is 10.4. The van der Waals surface area contributed by atoms with Gasteiger partial charge in [0.1, 0.15) is 37.5 Å². The molecule has 1 aromatic heterocycles. The van der Waals surface area contributed by atoms with E-state index in [9.17, 15) is 5.11 Å². The van der Waals surface area contributed by atoms with Crippen molar-refractivity contribution in [3.8, 4) is 0 Å². The van der Waals surface area contributed by atoms with Crippen LogP contribution in [0.5, 0.6) is 0 Å². The first-order valence-corrected chi connectivity index (χ1v) is 10.7. The van der Waals surface area contributed by atoms with Gasteiger partial charge >= 0.3 is 0 Å². The maximum absolute atomic E-state index is 10.4. The van der Waals surface area contributed by atoms with Crippen LogP contribution in [0.15, 0.2) is 10.6 Å². The summed E-state index contributed by atoms with van der Waals surface area (Å²) in [5.41, 5.74) is 0.654. The van der Waals surface area contributed by atoms with Gasteiger partial charge in [0.2, 0.25) is 0 Å². The highest BCUT2D eigenvalue weighted by Crippen LogP contribution is 2.48. The Bertz CT molecular complexity index is 548. The minimum Gasteiger partial charge on any atom is -0.366 e. The van der Waals surface area contributed by atoms with Crippen LogP contribution in [0, 0.1) is 0 Å². The van der Waals surface area contributed by atoms with Gasteiger partial charge in [-0.3, -0.25) is 0 Å². The largest absolute Gasteiger partial charge is 0.366 e. The standard InChI is InChI=1S/C14H23NO5Si/c1-13(2)17-11-10(18-14(3,16)12(11)19-13)8-7-9(20-15-8)21(4,5)6/h7,10-12,16H,1-6H3/t10?,11-,12-,14-/m1/s1. The Kier molecular flexibility index (Phi) is 3.17. The van der Waals surface area contributed by atoms with E-state index in [1.807, 2.05) is 19.9 Å². The normalized spacial score (nSPS) is 38.7. The van der Waals surface area contributed by atoms with Gasteiger partial charge in [-0.05, 0) is 20.8 Å². The van der Waals surface area contributed by atoms with Crippen LogP contribution in [0.2, 0.25) is 19.6 Å². The fourth-order valence-corrected chi connectivity index (χ4v) is 3.72. The number of hydrogen-bond acceptors (Lipinski definition) is 6. The highest BCUT2D eigenvalue weighted by Gasteiger charge is 2.61. The number of ether oxygens (including phenoxy) is 3. The Hall–Kier alpha value is -0.733. The molecule has 4 atom stereocenters. The SMILES string of the molecule is CC1(C)O[C@@H]2C(c3cc([Si](C)(C)C)on3)O[C@@](C)(O)[C@@H]2O1. The maximum Gasteiger partial charge on any atom is 0.193 e. The van der Waals surface area contributed by atoms with E-state index >= 15 is 0 Å². The van der Waals surface area contributed by atoms with E-state index in [-0.39, 0.29) is 0 Å². The third-order valence-corrected chi connectivity index (χ3v) is 5.59. The summed E-state index contributed by atoms with van der Waals surface area (Å²) in [4.78, 5) is 0. The molecule has 1 N–H and O–H groups in total. The molecule has 0 amide bonds. The molecule has 3 heterocycles. The number of rotatable bonds is 2. The number of fused-ring (bicyclic) bond motifs is 1. The molecule has 0 aromatic carbocycles. The molecular weight excluding hydrogens is 290 g/mol. The molecule has 2 aliphatic heterocycles. The second kappa shape index (κ2) is 4.39. The molecule has 21 heavy (non-hydrogen) atoms. The first kappa shape index (κ1) is 15.2. The molecule has 118 valence electrons. The molecule has 3 rings (SSSR count). The molecule has 2 aliphatic rings. The molecule has 7 heteroatoms. The van der Waals surface area contributed by atoms with Crippen molar-refractivity contribution < 1.29 is 23.8 Å². The van der Waals surface area contributed by atoms with Crippen LogP contribution < -0.4 is 5.38 Å². The zero-order valence-corrected chi connectivity index (χ0v) is 14.3. The van der Waals surface area contributed by atoms with E-state index in [1.54, 1.807) is 6.92 Å². The second-order valence-electron chi connectivity index (χ2n) is 7.48. The van der Waals surface area contributed by atoms with Gasteiger partial charge in [-0.1, -0.05) is 24.8 Å². The summed E-state index contributed by atoms with van der Waals surface area (Å²) in [7, 11) is -1.58. The summed E-state index contributed by atoms with van der Waals surface area (Å²) >= 11 is 0. The minimum absolute atomic E-state index is 0.394. The van der Waals surface area contributed by atoms with Gasteiger partial charge in [-0.15, -0.1) is 0 Å². The third kappa shape index (κ3) is 2.57. The predicted octanol–water partition coefficient (Wildman–Crippen LogP) is 1.52. The summed E-state index contributed by atoms with van der Waals surface area (Å²) in [5, 5.41) is 15.4. The van der Waals surface area contributed by atoms with Gasteiger partial charge in [0.15, 0.2) is 11.6 Å². The average Bonchev–Trinajstić information content (AvgIpc) is 2.93. The van der Waals surface area contributed by atoms with Crippen LogP contribution in [-0.2, 0) is 14.2 Å². The zero-order valence-electron chi connectivity index (χ0n) is 13.3. The molecule has 2 fully saturated rings. The van der Waals surface area contributed by atoms with Crippen LogP contribution in [0.4, 0.5) is 0 Å². The van der Waals surface area contributed by atoms with E-state index in [1.165, 1.54) is 0 Å². The van der Waals surface area contributed by atoms with E-state index in [0.29, 0.717) is 5.69 Å². The van der Waals surface area contributed by atoms with E-state index < -0.39 is 38.0 Å². The lowest BCUT2D eigenvalue weighted by Crippen LogP contribution is -2.40. The van der Waals surface area contributed by atoms with Crippen LogP contribution in [0.25, 0.3) is 0 Å². The summed E-state index contributed by atoms with van der Waals surface area (Å²) in [5.74, 6) is -2.14. The van der Waals surface area contributed by atoms with E-state index in [0.717, 1.165) is 5.38 Å². The number of aliphatic hydroxyl groups is 1. The van der Waals surface area contributed by atoms with Gasteiger partial charge < -0.3 is 23.8 Å². The second-order valence-corrected chi connectivity index (χ2v) is 12.5. The molecule has 0 radical (unpaired) electrons. The van der Waals surface area contributed by atoms with Gasteiger partial charge in [0, 0.05) is 6.07 Å². The van der Waals surface area contributed by atoms with Crippen molar-refractivity contribution in [3.05, 3.63) is 11.8 Å². The molecule has 2 saturated heterocycles. The van der Waals surface area contributed by atoms with Crippen molar-refractivity contribution in [1.82, 2.24) is 5.16 Å². The topological polar surface area (TPSA) is 74.0 Å².